The first-order valence-electron chi connectivity index (χ1n) is 9.73. The minimum absolute atomic E-state index is 0.193. The van der Waals surface area contributed by atoms with Gasteiger partial charge in [0.1, 0.15) is 24.3 Å². The van der Waals surface area contributed by atoms with E-state index in [4.69, 9.17) is 16.3 Å². The van der Waals surface area contributed by atoms with Crippen molar-refractivity contribution in [3.05, 3.63) is 69.2 Å². The predicted octanol–water partition coefficient (Wildman–Crippen LogP) is 3.54. The van der Waals surface area contributed by atoms with Crippen LogP contribution in [0.1, 0.15) is 24.7 Å². The summed E-state index contributed by atoms with van der Waals surface area (Å²) in [5, 5.41) is 11.5. The number of nitrogens with one attached hydrogen (secondary N) is 1. The third kappa shape index (κ3) is 6.03. The molecule has 1 aromatic heterocycles. The van der Waals surface area contributed by atoms with Gasteiger partial charge in [-0.15, -0.1) is 0 Å². The number of nitrogens with zero attached hydrogens (tertiary/aromatic N) is 2. The molecule has 0 saturated heterocycles. The molecule has 1 heterocycles. The second-order valence-electron chi connectivity index (χ2n) is 7.19. The summed E-state index contributed by atoms with van der Waals surface area (Å²) in [6, 6.07) is 12.8. The van der Waals surface area contributed by atoms with E-state index >= 15 is 0 Å². The molecular formula is C22H26ClN3O3. The Hall–Kier alpha value is -2.41. The first-order chi connectivity index (χ1) is 13.9. The Morgan fingerprint density at radius 1 is 1.24 bits per heavy atom. The molecule has 1 unspecified atom stereocenters. The fraction of sp³-hybridized carbons (Fsp3) is 0.364. The molecule has 6 nitrogen and oxygen atoms in total. The van der Waals surface area contributed by atoms with Crippen LogP contribution in [0.25, 0.3) is 10.9 Å². The smallest absolute Gasteiger partial charge is 0.258 e. The topological polar surface area (TPSA) is 78.5 Å². The van der Waals surface area contributed by atoms with Crippen molar-refractivity contribution in [2.75, 3.05) is 19.7 Å². The summed E-state index contributed by atoms with van der Waals surface area (Å²) in [6.07, 6.45) is 0.249. The predicted molar refractivity (Wildman–Crippen MR) is 116 cm³/mol. The molecule has 2 N–H and O–H groups in total. The molecule has 7 heteroatoms. The number of fused-ring (bicyclic) bond motifs is 1. The van der Waals surface area contributed by atoms with E-state index in [1.54, 1.807) is 18.2 Å². The summed E-state index contributed by atoms with van der Waals surface area (Å²) < 4.78 is 5.68. The van der Waals surface area contributed by atoms with Crippen LogP contribution in [0.4, 0.5) is 0 Å². The first kappa shape index (κ1) is 21.3. The second kappa shape index (κ2) is 9.87. The van der Waals surface area contributed by atoms with Crippen LogP contribution in [0.5, 0.6) is 5.75 Å². The van der Waals surface area contributed by atoms with E-state index < -0.39 is 6.10 Å². The van der Waals surface area contributed by atoms with Crippen LogP contribution in [-0.2, 0) is 6.54 Å². The van der Waals surface area contributed by atoms with Gasteiger partial charge < -0.3 is 14.8 Å². The lowest BCUT2D eigenvalue weighted by molar-refractivity contribution is 0.0647. The molecule has 3 rings (SSSR count). The van der Waals surface area contributed by atoms with Gasteiger partial charge in [-0.05, 0) is 50.2 Å². The Kier molecular flexibility index (Phi) is 7.25. The van der Waals surface area contributed by atoms with Crippen molar-refractivity contribution < 1.29 is 9.84 Å². The largest absolute Gasteiger partial charge is 0.491 e. The van der Waals surface area contributed by atoms with Gasteiger partial charge >= 0.3 is 0 Å². The highest BCUT2D eigenvalue weighted by molar-refractivity contribution is 6.31. The monoisotopic (exact) mass is 415 g/mol. The van der Waals surface area contributed by atoms with Crippen LogP contribution in [0.2, 0.25) is 5.02 Å². The number of aromatic nitrogens is 2. The summed E-state index contributed by atoms with van der Waals surface area (Å²) in [7, 11) is 0. The molecule has 154 valence electrons. The average Bonchev–Trinajstić information content (AvgIpc) is 2.67. The van der Waals surface area contributed by atoms with E-state index in [9.17, 15) is 9.90 Å². The van der Waals surface area contributed by atoms with E-state index in [-0.39, 0.29) is 12.2 Å². The molecule has 0 radical (unpaired) electrons. The fourth-order valence-corrected chi connectivity index (χ4v) is 3.34. The minimum Gasteiger partial charge on any atom is -0.491 e. The SMILES string of the molecule is CCCN(Cc1nc2cc(Cl)ccc2c(=O)[nH]1)CC(O)COc1ccc(C)cc1. The standard InChI is InChI=1S/C22H26ClN3O3/c1-3-10-26(12-17(27)14-29-18-7-4-15(2)5-8-18)13-21-24-20-11-16(23)6-9-19(20)22(28)25-21/h4-9,11,17,27H,3,10,12-14H2,1-2H3,(H,24,25,28). The van der Waals surface area contributed by atoms with E-state index in [1.807, 2.05) is 31.2 Å². The summed E-state index contributed by atoms with van der Waals surface area (Å²) in [5.74, 6) is 1.28. The Labute approximate surface area is 175 Å². The number of H-pyrrole nitrogens is 1. The van der Waals surface area contributed by atoms with Crippen molar-refractivity contribution in [3.8, 4) is 5.75 Å². The molecule has 0 bridgehead atoms. The van der Waals surface area contributed by atoms with Gasteiger partial charge in [-0.25, -0.2) is 4.98 Å². The zero-order valence-electron chi connectivity index (χ0n) is 16.7. The number of aryl methyl sites for hydroxylation is 1. The molecule has 3 aromatic rings. The van der Waals surface area contributed by atoms with E-state index in [1.165, 1.54) is 0 Å². The van der Waals surface area contributed by atoms with Gasteiger partial charge in [-0.3, -0.25) is 9.69 Å². The lowest BCUT2D eigenvalue weighted by atomic mass is 10.2. The Balaban J connectivity index is 1.65. The van der Waals surface area contributed by atoms with Gasteiger partial charge in [0.2, 0.25) is 0 Å². The summed E-state index contributed by atoms with van der Waals surface area (Å²) in [6.45, 7) is 5.88. The maximum absolute atomic E-state index is 12.3. The number of aliphatic hydroxyl groups is 1. The van der Waals surface area contributed by atoms with E-state index in [0.717, 1.165) is 24.3 Å². The van der Waals surface area contributed by atoms with Gasteiger partial charge in [0.25, 0.3) is 5.56 Å². The zero-order chi connectivity index (χ0) is 20.8. The van der Waals surface area contributed by atoms with Crippen molar-refractivity contribution in [2.45, 2.75) is 32.9 Å². The lowest BCUT2D eigenvalue weighted by Crippen LogP contribution is -2.36. The minimum atomic E-state index is -0.663. The van der Waals surface area contributed by atoms with Crippen LogP contribution in [0, 0.1) is 6.92 Å². The number of hydrogen-bond donors (Lipinski definition) is 2. The molecule has 0 aliphatic heterocycles. The van der Waals surface area contributed by atoms with E-state index in [2.05, 4.69) is 21.8 Å². The summed E-state index contributed by atoms with van der Waals surface area (Å²) in [5.41, 5.74) is 1.53. The van der Waals surface area contributed by atoms with Crippen molar-refractivity contribution in [1.82, 2.24) is 14.9 Å². The zero-order valence-corrected chi connectivity index (χ0v) is 17.4. The van der Waals surface area contributed by atoms with Crippen molar-refractivity contribution in [3.63, 3.8) is 0 Å². The third-order valence-electron chi connectivity index (χ3n) is 4.56. The number of ether oxygens (including phenoxy) is 1. The molecule has 0 aliphatic rings. The van der Waals surface area contributed by atoms with E-state index in [0.29, 0.717) is 34.8 Å². The number of hydrogen-bond acceptors (Lipinski definition) is 5. The van der Waals surface area contributed by atoms with Crippen LogP contribution in [-0.4, -0.2) is 45.8 Å². The summed E-state index contributed by atoms with van der Waals surface area (Å²) in [4.78, 5) is 21.7. The van der Waals surface area contributed by atoms with Crippen molar-refractivity contribution in [1.29, 1.82) is 0 Å². The van der Waals surface area contributed by atoms with Gasteiger partial charge in [0.15, 0.2) is 0 Å². The maximum atomic E-state index is 12.3. The summed E-state index contributed by atoms with van der Waals surface area (Å²) >= 11 is 6.03. The number of aliphatic hydroxyl groups excluding tert-OH is 1. The normalized spacial score (nSPS) is 12.4. The Morgan fingerprint density at radius 2 is 2.00 bits per heavy atom. The Morgan fingerprint density at radius 3 is 2.72 bits per heavy atom. The van der Waals surface area contributed by atoms with Crippen LogP contribution in [0.3, 0.4) is 0 Å². The maximum Gasteiger partial charge on any atom is 0.258 e. The van der Waals surface area contributed by atoms with Gasteiger partial charge in [0, 0.05) is 11.6 Å². The molecule has 0 spiro atoms. The van der Waals surface area contributed by atoms with Gasteiger partial charge in [-0.1, -0.05) is 36.2 Å². The molecule has 2 aromatic carbocycles. The van der Waals surface area contributed by atoms with Crippen molar-refractivity contribution in [2.24, 2.45) is 0 Å². The molecular weight excluding hydrogens is 390 g/mol. The molecule has 0 aliphatic carbocycles. The van der Waals surface area contributed by atoms with Gasteiger partial charge in [-0.2, -0.15) is 0 Å². The highest BCUT2D eigenvalue weighted by Crippen LogP contribution is 2.15. The molecule has 0 fully saturated rings. The molecule has 0 amide bonds. The number of halogens is 1. The first-order valence-corrected chi connectivity index (χ1v) is 10.1. The highest BCUT2D eigenvalue weighted by Gasteiger charge is 2.15. The van der Waals surface area contributed by atoms with Crippen LogP contribution < -0.4 is 10.3 Å². The molecule has 1 atom stereocenters. The third-order valence-corrected chi connectivity index (χ3v) is 4.80. The van der Waals surface area contributed by atoms with Crippen molar-refractivity contribution >= 4 is 22.5 Å². The quantitative estimate of drug-likeness (QED) is 0.559. The number of aromatic amines is 1. The average molecular weight is 416 g/mol. The lowest BCUT2D eigenvalue weighted by Gasteiger charge is -2.24. The highest BCUT2D eigenvalue weighted by atomic mass is 35.5. The number of benzene rings is 2. The fourth-order valence-electron chi connectivity index (χ4n) is 3.18. The number of rotatable bonds is 9. The molecule has 29 heavy (non-hydrogen) atoms. The molecule has 0 saturated carbocycles. The second-order valence-corrected chi connectivity index (χ2v) is 7.62. The van der Waals surface area contributed by atoms with Crippen LogP contribution in [0.15, 0.2) is 47.3 Å². The Bertz CT molecular complexity index is 1000. The van der Waals surface area contributed by atoms with Gasteiger partial charge in [0.05, 0.1) is 17.4 Å². The van der Waals surface area contributed by atoms with Crippen LogP contribution >= 0.6 is 11.6 Å².